The number of pyridine rings is 1. The van der Waals surface area contributed by atoms with Gasteiger partial charge in [-0.2, -0.15) is 0 Å². The van der Waals surface area contributed by atoms with Gasteiger partial charge in [-0.3, -0.25) is 4.57 Å². The largest absolute Gasteiger partial charge is 0.457 e. The lowest BCUT2D eigenvalue weighted by Crippen LogP contribution is -2.27. The summed E-state index contributed by atoms with van der Waals surface area (Å²) in [5.74, 6) is 2.39. The highest BCUT2D eigenvalue weighted by Crippen LogP contribution is 2.42. The third-order valence-electron chi connectivity index (χ3n) is 12.5. The van der Waals surface area contributed by atoms with Crippen LogP contribution in [0.4, 0.5) is 11.4 Å². The first kappa shape index (κ1) is 37.9. The molecule has 3 heterocycles. The number of anilines is 2. The van der Waals surface area contributed by atoms with Crippen LogP contribution in [0.15, 0.2) is 207 Å². The second kappa shape index (κ2) is 15.3. The van der Waals surface area contributed by atoms with Crippen molar-refractivity contribution in [1.82, 2.24) is 9.55 Å². The normalized spacial score (nSPS) is 13.0. The topological polar surface area (TPSA) is 33.5 Å². The molecule has 2 aromatic heterocycles. The Morgan fingerprint density at radius 1 is 0.443 bits per heavy atom. The number of hydrogen-bond donors (Lipinski definition) is 0. The van der Waals surface area contributed by atoms with Crippen LogP contribution in [0.5, 0.6) is 11.5 Å². The van der Waals surface area contributed by atoms with Crippen LogP contribution in [-0.4, -0.2) is 16.2 Å². The lowest BCUT2D eigenvalue weighted by Gasteiger charge is -2.33. The van der Waals surface area contributed by atoms with Gasteiger partial charge in [0.15, 0.2) is 0 Å². The number of hydrogen-bond acceptors (Lipinski definition) is 4. The molecule has 5 nitrogen and oxygen atoms in total. The number of benzene rings is 7. The number of fused-ring (bicyclic) bond motifs is 3. The van der Waals surface area contributed by atoms with Crippen LogP contribution in [-0.2, 0) is 10.8 Å². The molecule has 10 rings (SSSR count). The zero-order valence-electron chi connectivity index (χ0n) is 35.0. The minimum absolute atomic E-state index is 0.215. The molecule has 1 aliphatic heterocycles. The van der Waals surface area contributed by atoms with Crippen molar-refractivity contribution in [3.63, 3.8) is 0 Å². The number of nitrogens with zero attached hydrogens (tertiary/aromatic N) is 4. The SMILES string of the molecule is CC(C)(c1ccccc1)c1cc(N2C=CN(c3cc(Oc4ccc5c6ccccc6n(-c6ccccn6)c5c4)cc(-c4ccccc4)c3)C2)cc(C(C)(C)c2ccccc2)c1. The summed E-state index contributed by atoms with van der Waals surface area (Å²) in [6, 6.07) is 66.8. The van der Waals surface area contributed by atoms with Crippen molar-refractivity contribution < 1.29 is 4.74 Å². The van der Waals surface area contributed by atoms with Crippen LogP contribution in [0.2, 0.25) is 0 Å². The third-order valence-corrected chi connectivity index (χ3v) is 12.5. The lowest BCUT2D eigenvalue weighted by atomic mass is 9.73. The first-order valence-corrected chi connectivity index (χ1v) is 21.0. The molecule has 0 amide bonds. The molecule has 0 saturated heterocycles. The van der Waals surface area contributed by atoms with Gasteiger partial charge in [-0.05, 0) is 88.0 Å². The summed E-state index contributed by atoms with van der Waals surface area (Å²) in [5, 5.41) is 2.33. The van der Waals surface area contributed by atoms with Gasteiger partial charge in [0.2, 0.25) is 0 Å². The number of rotatable bonds is 10. The van der Waals surface area contributed by atoms with E-state index in [1.807, 2.05) is 24.4 Å². The van der Waals surface area contributed by atoms with Crippen molar-refractivity contribution in [1.29, 1.82) is 0 Å². The van der Waals surface area contributed by atoms with Crippen LogP contribution < -0.4 is 14.5 Å². The maximum atomic E-state index is 6.84. The molecule has 0 N–H and O–H groups in total. The van der Waals surface area contributed by atoms with Gasteiger partial charge in [0.1, 0.15) is 17.3 Å². The Morgan fingerprint density at radius 3 is 1.66 bits per heavy atom. The summed E-state index contributed by atoms with van der Waals surface area (Å²) in [7, 11) is 0. The van der Waals surface area contributed by atoms with E-state index < -0.39 is 0 Å². The second-order valence-corrected chi connectivity index (χ2v) is 17.0. The van der Waals surface area contributed by atoms with Gasteiger partial charge in [0.25, 0.3) is 0 Å². The Kier molecular flexibility index (Phi) is 9.52. The van der Waals surface area contributed by atoms with E-state index in [1.165, 1.54) is 27.6 Å². The van der Waals surface area contributed by atoms with Gasteiger partial charge >= 0.3 is 0 Å². The average molecular weight is 793 g/mol. The highest BCUT2D eigenvalue weighted by molar-refractivity contribution is 6.09. The van der Waals surface area contributed by atoms with E-state index >= 15 is 0 Å². The smallest absolute Gasteiger partial charge is 0.137 e. The Morgan fingerprint density at radius 2 is 1.02 bits per heavy atom. The zero-order chi connectivity index (χ0) is 41.6. The minimum atomic E-state index is -0.215. The Balaban J connectivity index is 1.02. The van der Waals surface area contributed by atoms with Crippen molar-refractivity contribution in [2.24, 2.45) is 0 Å². The fourth-order valence-electron chi connectivity index (χ4n) is 8.78. The van der Waals surface area contributed by atoms with Crippen molar-refractivity contribution >= 4 is 33.2 Å². The first-order chi connectivity index (χ1) is 29.7. The van der Waals surface area contributed by atoms with Crippen LogP contribution >= 0.6 is 0 Å². The van der Waals surface area contributed by atoms with E-state index in [0.29, 0.717) is 6.67 Å². The van der Waals surface area contributed by atoms with E-state index in [9.17, 15) is 0 Å². The molecule has 5 heteroatoms. The summed E-state index contributed by atoms with van der Waals surface area (Å²) in [5.41, 5.74) is 11.3. The molecule has 9 aromatic rings. The van der Waals surface area contributed by atoms with Crippen molar-refractivity contribution in [2.45, 2.75) is 38.5 Å². The predicted molar refractivity (Wildman–Crippen MR) is 253 cm³/mol. The molecule has 0 atom stereocenters. The molecule has 0 bridgehead atoms. The lowest BCUT2D eigenvalue weighted by molar-refractivity contribution is 0.483. The van der Waals surface area contributed by atoms with Crippen LogP contribution in [0.25, 0.3) is 38.8 Å². The Bertz CT molecular complexity index is 2960. The molecule has 0 unspecified atom stereocenters. The van der Waals surface area contributed by atoms with Crippen LogP contribution in [0, 0.1) is 0 Å². The summed E-state index contributed by atoms with van der Waals surface area (Å²) in [6.45, 7) is 9.98. The van der Waals surface area contributed by atoms with E-state index in [2.05, 4.69) is 224 Å². The number of ether oxygens (including phenoxy) is 1. The van der Waals surface area contributed by atoms with Crippen LogP contribution in [0.3, 0.4) is 0 Å². The highest BCUT2D eigenvalue weighted by Gasteiger charge is 2.30. The first-order valence-electron chi connectivity index (χ1n) is 21.0. The molecule has 0 saturated carbocycles. The third kappa shape index (κ3) is 7.12. The fourth-order valence-corrected chi connectivity index (χ4v) is 8.78. The van der Waals surface area contributed by atoms with E-state index in [1.54, 1.807) is 0 Å². The van der Waals surface area contributed by atoms with Crippen molar-refractivity contribution in [2.75, 3.05) is 16.5 Å². The summed E-state index contributed by atoms with van der Waals surface area (Å²) >= 11 is 0. The van der Waals surface area contributed by atoms with Gasteiger partial charge in [0.05, 0.1) is 17.7 Å². The standard InChI is InChI=1S/C56H48N4O/c1-55(2,42-20-10-6-11-21-42)44-34-45(56(3,4)43-22-12-7-13-23-43)36-47(35-44)59-31-30-58(39-59)46-32-41(40-18-8-5-9-19-40)33-49(37-46)61-48-27-28-51-50-24-14-15-25-52(50)60(53(51)38-48)54-26-16-17-29-57-54/h5-38H,39H2,1-4H3. The van der Waals surface area contributed by atoms with Gasteiger partial charge in [-0.1, -0.05) is 149 Å². The zero-order valence-corrected chi connectivity index (χ0v) is 35.0. The van der Waals surface area contributed by atoms with Crippen LogP contribution in [0.1, 0.15) is 49.9 Å². The molecule has 0 radical (unpaired) electrons. The van der Waals surface area contributed by atoms with Crippen molar-refractivity contribution in [3.05, 3.63) is 229 Å². The molecule has 0 spiro atoms. The molecule has 298 valence electrons. The summed E-state index contributed by atoms with van der Waals surface area (Å²) in [4.78, 5) is 9.39. The maximum absolute atomic E-state index is 6.84. The Labute approximate surface area is 358 Å². The Hall–Kier alpha value is -7.37. The van der Waals surface area contributed by atoms with E-state index in [-0.39, 0.29) is 10.8 Å². The molecule has 0 fully saturated rings. The number of aromatic nitrogens is 2. The van der Waals surface area contributed by atoms with Crippen molar-refractivity contribution in [3.8, 4) is 28.4 Å². The fraction of sp³-hybridized carbons (Fsp3) is 0.125. The quantitative estimate of drug-likeness (QED) is 0.138. The molecule has 0 aliphatic carbocycles. The number of para-hydroxylation sites is 1. The maximum Gasteiger partial charge on any atom is 0.137 e. The van der Waals surface area contributed by atoms with Gasteiger partial charge in [-0.25, -0.2) is 4.98 Å². The molecule has 61 heavy (non-hydrogen) atoms. The predicted octanol–water partition coefficient (Wildman–Crippen LogP) is 14.0. The summed E-state index contributed by atoms with van der Waals surface area (Å²) < 4.78 is 9.06. The van der Waals surface area contributed by atoms with E-state index in [4.69, 9.17) is 9.72 Å². The molecular weight excluding hydrogens is 745 g/mol. The summed E-state index contributed by atoms with van der Waals surface area (Å²) in [6.07, 6.45) is 6.23. The van der Waals surface area contributed by atoms with Gasteiger partial charge < -0.3 is 14.5 Å². The van der Waals surface area contributed by atoms with E-state index in [0.717, 1.165) is 56.2 Å². The average Bonchev–Trinajstić information content (AvgIpc) is 3.94. The highest BCUT2D eigenvalue weighted by atomic mass is 16.5. The molecule has 1 aliphatic rings. The van der Waals surface area contributed by atoms with Gasteiger partial charge in [-0.15, -0.1) is 0 Å². The second-order valence-electron chi connectivity index (χ2n) is 17.0. The molecular formula is C56H48N4O. The monoisotopic (exact) mass is 792 g/mol. The van der Waals surface area contributed by atoms with Gasteiger partial charge in [0, 0.05) is 63.7 Å². The minimum Gasteiger partial charge on any atom is -0.457 e. The molecule has 7 aromatic carbocycles.